The summed E-state index contributed by atoms with van der Waals surface area (Å²) in [5.74, 6) is 0. The number of carbonyl (C=O) groups excluding carboxylic acids is 1. The van der Waals surface area contributed by atoms with Crippen LogP contribution in [0.2, 0.25) is 0 Å². The van der Waals surface area contributed by atoms with E-state index in [1.54, 1.807) is 36.4 Å². The van der Waals surface area contributed by atoms with E-state index in [1.807, 2.05) is 18.2 Å². The lowest BCUT2D eigenvalue weighted by atomic mass is 10.2. The maximum absolute atomic E-state index is 12.5. The molecule has 0 bridgehead atoms. The zero-order valence-corrected chi connectivity index (χ0v) is 14.6. The molecule has 25 heavy (non-hydrogen) atoms. The maximum atomic E-state index is 12.5. The first-order valence-corrected chi connectivity index (χ1v) is 9.69. The van der Waals surface area contributed by atoms with Gasteiger partial charge in [0, 0.05) is 25.3 Å². The van der Waals surface area contributed by atoms with Crippen LogP contribution in [0.4, 0.5) is 10.5 Å². The number of rotatable bonds is 5. The number of anilines is 1. The molecule has 0 unspecified atom stereocenters. The van der Waals surface area contributed by atoms with Crippen molar-refractivity contribution in [2.75, 3.05) is 18.4 Å². The fraction of sp³-hybridized carbons (Fsp3) is 0.278. The van der Waals surface area contributed by atoms with Gasteiger partial charge < -0.3 is 10.6 Å². The molecule has 0 aliphatic carbocycles. The number of nitrogens with zero attached hydrogens (tertiary/aromatic N) is 1. The highest BCUT2D eigenvalue weighted by Gasteiger charge is 2.26. The van der Waals surface area contributed by atoms with E-state index in [9.17, 15) is 13.2 Å². The molecule has 2 aromatic carbocycles. The van der Waals surface area contributed by atoms with E-state index in [4.69, 9.17) is 0 Å². The highest BCUT2D eigenvalue weighted by atomic mass is 32.2. The Balaban J connectivity index is 1.56. The van der Waals surface area contributed by atoms with Crippen LogP contribution in [0.15, 0.2) is 59.5 Å². The summed E-state index contributed by atoms with van der Waals surface area (Å²) in [4.78, 5) is 12.2. The number of benzene rings is 2. The van der Waals surface area contributed by atoms with Crippen LogP contribution in [0.5, 0.6) is 0 Å². The lowest BCUT2D eigenvalue weighted by Crippen LogP contribution is -2.28. The van der Waals surface area contributed by atoms with Crippen LogP contribution in [0.1, 0.15) is 18.4 Å². The van der Waals surface area contributed by atoms with Crippen molar-refractivity contribution in [2.45, 2.75) is 24.3 Å². The van der Waals surface area contributed by atoms with Crippen molar-refractivity contribution >= 4 is 21.7 Å². The highest BCUT2D eigenvalue weighted by Crippen LogP contribution is 2.21. The summed E-state index contributed by atoms with van der Waals surface area (Å²) >= 11 is 0. The molecule has 1 heterocycles. The Morgan fingerprint density at radius 1 is 0.960 bits per heavy atom. The summed E-state index contributed by atoms with van der Waals surface area (Å²) in [6.07, 6.45) is 1.83. The Hall–Kier alpha value is -2.38. The summed E-state index contributed by atoms with van der Waals surface area (Å²) in [5.41, 5.74) is 1.55. The molecule has 0 radical (unpaired) electrons. The molecular weight excluding hydrogens is 338 g/mol. The average molecular weight is 359 g/mol. The van der Waals surface area contributed by atoms with Crippen molar-refractivity contribution < 1.29 is 13.2 Å². The van der Waals surface area contributed by atoms with Gasteiger partial charge in [-0.3, -0.25) is 0 Å². The SMILES string of the molecule is O=C(NCc1ccc(S(=O)(=O)N2CCCC2)cc1)Nc1ccccc1. The van der Waals surface area contributed by atoms with Crippen LogP contribution in [-0.4, -0.2) is 31.8 Å². The third kappa shape index (κ3) is 4.37. The smallest absolute Gasteiger partial charge is 0.319 e. The molecule has 0 atom stereocenters. The third-order valence-electron chi connectivity index (χ3n) is 4.11. The Morgan fingerprint density at radius 3 is 2.24 bits per heavy atom. The van der Waals surface area contributed by atoms with Crippen molar-refractivity contribution in [3.8, 4) is 0 Å². The van der Waals surface area contributed by atoms with Gasteiger partial charge in [0.2, 0.25) is 10.0 Å². The molecule has 2 amide bonds. The number of nitrogens with one attached hydrogen (secondary N) is 2. The zero-order chi connectivity index (χ0) is 17.7. The summed E-state index contributed by atoms with van der Waals surface area (Å²) in [7, 11) is -3.39. The summed E-state index contributed by atoms with van der Waals surface area (Å²) in [5, 5.41) is 5.48. The summed E-state index contributed by atoms with van der Waals surface area (Å²) < 4.78 is 26.4. The van der Waals surface area contributed by atoms with Crippen LogP contribution >= 0.6 is 0 Å². The lowest BCUT2D eigenvalue weighted by molar-refractivity contribution is 0.251. The number of sulfonamides is 1. The van der Waals surface area contributed by atoms with Crippen LogP contribution in [0.25, 0.3) is 0 Å². The molecule has 7 heteroatoms. The molecule has 2 N–H and O–H groups in total. The van der Waals surface area contributed by atoms with Gasteiger partial charge in [-0.15, -0.1) is 0 Å². The second kappa shape index (κ2) is 7.67. The fourth-order valence-electron chi connectivity index (χ4n) is 2.74. The molecule has 1 fully saturated rings. The standard InChI is InChI=1S/C18H21N3O3S/c22-18(20-16-6-2-1-3-7-16)19-14-15-8-10-17(11-9-15)25(23,24)21-12-4-5-13-21/h1-3,6-11H,4-5,12-14H2,(H2,19,20,22). The van der Waals surface area contributed by atoms with Crippen molar-refractivity contribution in [1.29, 1.82) is 0 Å². The molecule has 0 aromatic heterocycles. The topological polar surface area (TPSA) is 78.5 Å². The monoisotopic (exact) mass is 359 g/mol. The zero-order valence-electron chi connectivity index (χ0n) is 13.8. The van der Waals surface area contributed by atoms with Crippen LogP contribution < -0.4 is 10.6 Å². The number of hydrogen-bond donors (Lipinski definition) is 2. The van der Waals surface area contributed by atoms with Gasteiger partial charge in [-0.1, -0.05) is 30.3 Å². The fourth-order valence-corrected chi connectivity index (χ4v) is 4.25. The molecule has 1 aliphatic heterocycles. The number of para-hydroxylation sites is 1. The molecular formula is C18H21N3O3S. The van der Waals surface area contributed by atoms with Gasteiger partial charge in [0.1, 0.15) is 0 Å². The van der Waals surface area contributed by atoms with E-state index in [1.165, 1.54) is 4.31 Å². The number of urea groups is 1. The van der Waals surface area contributed by atoms with Gasteiger partial charge >= 0.3 is 6.03 Å². The Bertz CT molecular complexity index is 814. The number of hydrogen-bond acceptors (Lipinski definition) is 3. The minimum atomic E-state index is -3.39. The van der Waals surface area contributed by atoms with E-state index in [2.05, 4.69) is 10.6 Å². The molecule has 0 saturated carbocycles. The van der Waals surface area contributed by atoms with Gasteiger partial charge in [-0.05, 0) is 42.7 Å². The molecule has 0 spiro atoms. The second-order valence-corrected chi connectivity index (χ2v) is 7.87. The molecule has 2 aromatic rings. The molecule has 6 nitrogen and oxygen atoms in total. The van der Waals surface area contributed by atoms with Crippen molar-refractivity contribution in [2.24, 2.45) is 0 Å². The first-order chi connectivity index (χ1) is 12.1. The van der Waals surface area contributed by atoms with E-state index >= 15 is 0 Å². The summed E-state index contributed by atoms with van der Waals surface area (Å²) in [6.45, 7) is 1.50. The molecule has 3 rings (SSSR count). The minimum Gasteiger partial charge on any atom is -0.334 e. The van der Waals surface area contributed by atoms with Gasteiger partial charge in [0.25, 0.3) is 0 Å². The van der Waals surface area contributed by atoms with Gasteiger partial charge in [0.05, 0.1) is 4.90 Å². The minimum absolute atomic E-state index is 0.298. The van der Waals surface area contributed by atoms with E-state index < -0.39 is 10.0 Å². The Kier molecular flexibility index (Phi) is 5.35. The van der Waals surface area contributed by atoms with Gasteiger partial charge in [-0.25, -0.2) is 13.2 Å². The quantitative estimate of drug-likeness (QED) is 0.862. The van der Waals surface area contributed by atoms with Crippen LogP contribution in [-0.2, 0) is 16.6 Å². The normalized spacial score (nSPS) is 15.0. The maximum Gasteiger partial charge on any atom is 0.319 e. The second-order valence-electron chi connectivity index (χ2n) is 5.93. The third-order valence-corrected chi connectivity index (χ3v) is 6.02. The van der Waals surface area contributed by atoms with Crippen molar-refractivity contribution in [1.82, 2.24) is 9.62 Å². The number of carbonyl (C=O) groups is 1. The largest absolute Gasteiger partial charge is 0.334 e. The first kappa shape index (κ1) is 17.4. The van der Waals surface area contributed by atoms with E-state index in [-0.39, 0.29) is 6.03 Å². The van der Waals surface area contributed by atoms with E-state index in [0.717, 1.165) is 18.4 Å². The Labute approximate surface area is 147 Å². The highest BCUT2D eigenvalue weighted by molar-refractivity contribution is 7.89. The predicted molar refractivity (Wildman–Crippen MR) is 96.7 cm³/mol. The molecule has 132 valence electrons. The van der Waals surface area contributed by atoms with Gasteiger partial charge in [0.15, 0.2) is 0 Å². The summed E-state index contributed by atoms with van der Waals surface area (Å²) in [6, 6.07) is 15.5. The van der Waals surface area contributed by atoms with Crippen LogP contribution in [0.3, 0.4) is 0 Å². The van der Waals surface area contributed by atoms with Crippen molar-refractivity contribution in [3.63, 3.8) is 0 Å². The lowest BCUT2D eigenvalue weighted by Gasteiger charge is -2.15. The predicted octanol–water partition coefficient (Wildman–Crippen LogP) is 2.79. The average Bonchev–Trinajstić information content (AvgIpc) is 3.17. The van der Waals surface area contributed by atoms with Gasteiger partial charge in [-0.2, -0.15) is 4.31 Å². The Morgan fingerprint density at radius 2 is 1.60 bits per heavy atom. The van der Waals surface area contributed by atoms with E-state index in [0.29, 0.717) is 30.2 Å². The van der Waals surface area contributed by atoms with Crippen LogP contribution in [0, 0.1) is 0 Å². The number of amides is 2. The van der Waals surface area contributed by atoms with Crippen molar-refractivity contribution in [3.05, 3.63) is 60.2 Å². The molecule has 1 aliphatic rings. The first-order valence-electron chi connectivity index (χ1n) is 8.25. The molecule has 1 saturated heterocycles.